The Morgan fingerprint density at radius 1 is 1.31 bits per heavy atom. The number of nitrogens with one attached hydrogen (secondary N) is 1. The Morgan fingerprint density at radius 2 is 2.00 bits per heavy atom. The molecule has 6 heteroatoms. The molecule has 1 rings (SSSR count). The normalized spacial score (nSPS) is 24.3. The lowest BCUT2D eigenvalue weighted by Gasteiger charge is -2.11. The van der Waals surface area contributed by atoms with Crippen LogP contribution in [-0.2, 0) is 14.3 Å². The number of hydrogen-bond donors (Lipinski definition) is 3. The lowest BCUT2D eigenvalue weighted by molar-refractivity contribution is -0.151. The molecule has 2 atom stereocenters. The van der Waals surface area contributed by atoms with E-state index in [1.165, 1.54) is 0 Å². The highest BCUT2D eigenvalue weighted by atomic mass is 16.5. The highest BCUT2D eigenvalue weighted by Gasteiger charge is 2.34. The average molecular weight is 230 g/mol. The van der Waals surface area contributed by atoms with Gasteiger partial charge >= 0.3 is 5.97 Å². The second kappa shape index (κ2) is 6.44. The highest BCUT2D eigenvalue weighted by Crippen LogP contribution is 2.19. The van der Waals surface area contributed by atoms with E-state index in [2.05, 4.69) is 5.32 Å². The maximum Gasteiger partial charge on any atom is 0.332 e. The highest BCUT2D eigenvalue weighted by molar-refractivity contribution is 5.82. The summed E-state index contributed by atoms with van der Waals surface area (Å²) in [5.41, 5.74) is 5.32. The molecule has 16 heavy (non-hydrogen) atoms. The molecule has 1 amide bonds. The topological polar surface area (TPSA) is 102 Å². The third-order valence-electron chi connectivity index (χ3n) is 2.52. The molecule has 6 nitrogen and oxygen atoms in total. The molecule has 0 aromatic carbocycles. The van der Waals surface area contributed by atoms with Crippen LogP contribution in [0.25, 0.3) is 0 Å². The van der Waals surface area contributed by atoms with Crippen LogP contribution in [0.3, 0.4) is 0 Å². The summed E-state index contributed by atoms with van der Waals surface area (Å²) >= 11 is 0. The monoisotopic (exact) mass is 230 g/mol. The van der Waals surface area contributed by atoms with E-state index in [1.54, 1.807) is 0 Å². The van der Waals surface area contributed by atoms with E-state index in [0.717, 1.165) is 12.8 Å². The van der Waals surface area contributed by atoms with Gasteiger partial charge in [-0.05, 0) is 32.2 Å². The van der Waals surface area contributed by atoms with Crippen molar-refractivity contribution in [1.29, 1.82) is 0 Å². The number of ether oxygens (including phenoxy) is 1. The van der Waals surface area contributed by atoms with Crippen molar-refractivity contribution >= 4 is 11.9 Å². The van der Waals surface area contributed by atoms with Crippen molar-refractivity contribution in [3.05, 3.63) is 0 Å². The first-order chi connectivity index (χ1) is 7.65. The van der Waals surface area contributed by atoms with E-state index >= 15 is 0 Å². The molecule has 1 fully saturated rings. The fourth-order valence-corrected chi connectivity index (χ4v) is 1.61. The molecule has 0 bridgehead atoms. The number of unbranched alkanes of at least 4 members (excludes halogenated alkanes) is 1. The molecule has 0 aliphatic carbocycles. The van der Waals surface area contributed by atoms with Gasteiger partial charge in [0, 0.05) is 6.54 Å². The quantitative estimate of drug-likeness (QED) is 0.533. The second-order valence-corrected chi connectivity index (χ2v) is 3.82. The van der Waals surface area contributed by atoms with Crippen molar-refractivity contribution in [2.45, 2.75) is 37.9 Å². The zero-order valence-corrected chi connectivity index (χ0v) is 9.15. The van der Waals surface area contributed by atoms with Crippen molar-refractivity contribution in [2.24, 2.45) is 5.73 Å². The minimum atomic E-state index is -1.00. The Morgan fingerprint density at radius 3 is 2.56 bits per heavy atom. The van der Waals surface area contributed by atoms with Gasteiger partial charge in [0.15, 0.2) is 6.10 Å². The number of aliphatic carboxylic acids is 1. The summed E-state index contributed by atoms with van der Waals surface area (Å²) in [5.74, 6) is -1.22. The Hall–Kier alpha value is -1.14. The molecule has 0 saturated carbocycles. The minimum absolute atomic E-state index is 0.222. The number of carbonyl (C=O) groups is 2. The largest absolute Gasteiger partial charge is 0.479 e. The van der Waals surface area contributed by atoms with E-state index in [4.69, 9.17) is 15.6 Å². The van der Waals surface area contributed by atoms with Crippen LogP contribution in [-0.4, -0.2) is 42.3 Å². The third-order valence-corrected chi connectivity index (χ3v) is 2.52. The second-order valence-electron chi connectivity index (χ2n) is 3.82. The Labute approximate surface area is 94.1 Å². The van der Waals surface area contributed by atoms with Gasteiger partial charge in [0.2, 0.25) is 5.91 Å². The summed E-state index contributed by atoms with van der Waals surface area (Å²) in [6.07, 6.45) is 1.12. The molecule has 0 spiro atoms. The Bertz CT molecular complexity index is 257. The molecule has 1 saturated heterocycles. The zero-order valence-electron chi connectivity index (χ0n) is 9.15. The predicted molar refractivity (Wildman–Crippen MR) is 56.8 cm³/mol. The van der Waals surface area contributed by atoms with Gasteiger partial charge in [0.05, 0.1) is 0 Å². The summed E-state index contributed by atoms with van der Waals surface area (Å²) in [5, 5.41) is 11.4. The molecule has 0 aromatic rings. The molecule has 4 N–H and O–H groups in total. The van der Waals surface area contributed by atoms with Crippen LogP contribution in [0.15, 0.2) is 0 Å². The van der Waals surface area contributed by atoms with Crippen LogP contribution in [0.2, 0.25) is 0 Å². The van der Waals surface area contributed by atoms with E-state index in [9.17, 15) is 9.59 Å². The molecular weight excluding hydrogens is 212 g/mol. The van der Waals surface area contributed by atoms with Crippen LogP contribution in [0.4, 0.5) is 0 Å². The van der Waals surface area contributed by atoms with Crippen LogP contribution >= 0.6 is 0 Å². The number of amides is 1. The standard InChI is InChI=1S/C10H18N2O4/c11-5-1-2-6-12-9(13)7-3-4-8(16-7)10(14)15/h7-8H,1-6,11H2,(H,12,13)(H,14,15). The van der Waals surface area contributed by atoms with E-state index in [1.807, 2.05) is 0 Å². The molecule has 1 heterocycles. The van der Waals surface area contributed by atoms with Crippen molar-refractivity contribution in [2.75, 3.05) is 13.1 Å². The number of carboxylic acid groups (broad SMARTS) is 1. The number of hydrogen-bond acceptors (Lipinski definition) is 4. The van der Waals surface area contributed by atoms with Crippen molar-refractivity contribution in [1.82, 2.24) is 5.32 Å². The summed E-state index contributed by atoms with van der Waals surface area (Å²) < 4.78 is 5.11. The smallest absolute Gasteiger partial charge is 0.332 e. The van der Waals surface area contributed by atoms with Gasteiger partial charge in [-0.15, -0.1) is 0 Å². The maximum absolute atomic E-state index is 11.5. The summed E-state index contributed by atoms with van der Waals surface area (Å²) in [4.78, 5) is 22.1. The van der Waals surface area contributed by atoms with E-state index in [-0.39, 0.29) is 5.91 Å². The molecule has 1 aliphatic rings. The molecular formula is C10H18N2O4. The van der Waals surface area contributed by atoms with E-state index < -0.39 is 18.2 Å². The molecule has 92 valence electrons. The number of rotatable bonds is 6. The van der Waals surface area contributed by atoms with Gasteiger partial charge in [-0.1, -0.05) is 0 Å². The van der Waals surface area contributed by atoms with Crippen LogP contribution in [0, 0.1) is 0 Å². The van der Waals surface area contributed by atoms with Gasteiger partial charge in [-0.25, -0.2) is 4.79 Å². The first-order valence-electron chi connectivity index (χ1n) is 5.51. The maximum atomic E-state index is 11.5. The van der Waals surface area contributed by atoms with Crippen LogP contribution in [0.5, 0.6) is 0 Å². The molecule has 0 aromatic heterocycles. The summed E-state index contributed by atoms with van der Waals surface area (Å²) in [6.45, 7) is 1.17. The predicted octanol–water partition coefficient (Wildman–Crippen LogP) is -0.526. The van der Waals surface area contributed by atoms with Crippen molar-refractivity contribution < 1.29 is 19.4 Å². The fraction of sp³-hybridized carbons (Fsp3) is 0.800. The van der Waals surface area contributed by atoms with Gasteiger partial charge in [-0.3, -0.25) is 4.79 Å². The minimum Gasteiger partial charge on any atom is -0.479 e. The third kappa shape index (κ3) is 3.79. The summed E-state index contributed by atoms with van der Waals surface area (Å²) in [7, 11) is 0. The SMILES string of the molecule is NCCCCNC(=O)C1CCC(C(=O)O)O1. The van der Waals surface area contributed by atoms with Gasteiger partial charge < -0.3 is 20.9 Å². The number of nitrogens with two attached hydrogens (primary N) is 1. The lowest BCUT2D eigenvalue weighted by atomic mass is 10.2. The Balaban J connectivity index is 2.20. The summed E-state index contributed by atoms with van der Waals surface area (Å²) in [6, 6.07) is 0. The van der Waals surface area contributed by atoms with Crippen molar-refractivity contribution in [3.63, 3.8) is 0 Å². The average Bonchev–Trinajstić information content (AvgIpc) is 2.73. The van der Waals surface area contributed by atoms with Gasteiger partial charge in [-0.2, -0.15) is 0 Å². The first kappa shape index (κ1) is 12.9. The van der Waals surface area contributed by atoms with Gasteiger partial charge in [0.25, 0.3) is 0 Å². The fourth-order valence-electron chi connectivity index (χ4n) is 1.61. The van der Waals surface area contributed by atoms with Crippen molar-refractivity contribution in [3.8, 4) is 0 Å². The molecule has 2 unspecified atom stereocenters. The molecule has 0 radical (unpaired) electrons. The number of carbonyl (C=O) groups excluding carboxylic acids is 1. The lowest BCUT2D eigenvalue weighted by Crippen LogP contribution is -2.36. The first-order valence-corrected chi connectivity index (χ1v) is 5.51. The molecule has 1 aliphatic heterocycles. The van der Waals surface area contributed by atoms with Crippen LogP contribution < -0.4 is 11.1 Å². The van der Waals surface area contributed by atoms with E-state index in [0.29, 0.717) is 25.9 Å². The van der Waals surface area contributed by atoms with Gasteiger partial charge in [0.1, 0.15) is 6.10 Å². The number of carboxylic acids is 1. The zero-order chi connectivity index (χ0) is 12.0. The Kier molecular flexibility index (Phi) is 5.21. The van der Waals surface area contributed by atoms with Crippen LogP contribution in [0.1, 0.15) is 25.7 Å².